The fourth-order valence-corrected chi connectivity index (χ4v) is 2.00. The highest BCUT2D eigenvalue weighted by atomic mass is 16.5. The van der Waals surface area contributed by atoms with Gasteiger partial charge in [-0.2, -0.15) is 10.2 Å². The van der Waals surface area contributed by atoms with Crippen LogP contribution < -0.4 is 10.1 Å². The molecule has 0 spiro atoms. The number of nitrogens with zero attached hydrogens (tertiary/aromatic N) is 4. The van der Waals surface area contributed by atoms with E-state index >= 15 is 0 Å². The second-order valence-corrected chi connectivity index (χ2v) is 4.33. The first-order valence-corrected chi connectivity index (χ1v) is 6.26. The molecule has 19 heavy (non-hydrogen) atoms. The molecule has 1 N–H and O–H groups in total. The predicted octanol–water partition coefficient (Wildman–Crippen LogP) is 1.11. The van der Waals surface area contributed by atoms with Crippen molar-refractivity contribution in [2.75, 3.05) is 14.2 Å². The predicted molar refractivity (Wildman–Crippen MR) is 71.9 cm³/mol. The lowest BCUT2D eigenvalue weighted by molar-refractivity contribution is 0.389. The molecule has 2 heterocycles. The number of methoxy groups -OCH3 is 1. The fraction of sp³-hybridized carbons (Fsp3) is 0.462. The summed E-state index contributed by atoms with van der Waals surface area (Å²) < 4.78 is 6.91. The van der Waals surface area contributed by atoms with E-state index < -0.39 is 0 Å². The van der Waals surface area contributed by atoms with Crippen LogP contribution in [0, 0.1) is 0 Å². The molecule has 2 rings (SSSR count). The molecular weight excluding hydrogens is 242 g/mol. The minimum atomic E-state index is 0.174. The van der Waals surface area contributed by atoms with Gasteiger partial charge in [-0.1, -0.05) is 0 Å². The number of aryl methyl sites for hydroxylation is 2. The van der Waals surface area contributed by atoms with Gasteiger partial charge in [-0.15, -0.1) is 5.10 Å². The Balaban J connectivity index is 2.01. The molecular formula is C13H19N5O. The van der Waals surface area contributed by atoms with E-state index in [1.54, 1.807) is 7.11 Å². The second-order valence-electron chi connectivity index (χ2n) is 4.33. The van der Waals surface area contributed by atoms with Gasteiger partial charge in [0.2, 0.25) is 5.88 Å². The molecule has 0 radical (unpaired) electrons. The normalized spacial score (nSPS) is 12.4. The first-order valence-electron chi connectivity index (χ1n) is 6.26. The molecule has 0 aliphatic rings. The maximum absolute atomic E-state index is 5.01. The van der Waals surface area contributed by atoms with Crippen LogP contribution >= 0.6 is 0 Å². The van der Waals surface area contributed by atoms with Crippen LogP contribution in [0.5, 0.6) is 5.88 Å². The standard InChI is InChI=1S/C13H19N5O/c1-14-11(5-4-10-8-9-15-18(10)2)12-6-7-13(19-3)17-16-12/h6-9,11,14H,4-5H2,1-3H3. The van der Waals surface area contributed by atoms with Crippen LogP contribution in [-0.2, 0) is 13.5 Å². The number of hydrogen-bond acceptors (Lipinski definition) is 5. The van der Waals surface area contributed by atoms with Crippen molar-refractivity contribution in [2.24, 2.45) is 7.05 Å². The summed E-state index contributed by atoms with van der Waals surface area (Å²) in [6, 6.07) is 5.98. The lowest BCUT2D eigenvalue weighted by atomic mass is 10.1. The minimum absolute atomic E-state index is 0.174. The first-order chi connectivity index (χ1) is 9.24. The molecule has 2 aromatic rings. The number of rotatable bonds is 6. The molecule has 0 fully saturated rings. The van der Waals surface area contributed by atoms with Crippen LogP contribution in [0.2, 0.25) is 0 Å². The summed E-state index contributed by atoms with van der Waals surface area (Å²) >= 11 is 0. The number of nitrogens with one attached hydrogen (secondary N) is 1. The van der Waals surface area contributed by atoms with Crippen LogP contribution in [0.3, 0.4) is 0 Å². The summed E-state index contributed by atoms with van der Waals surface area (Å²) in [6.45, 7) is 0. The molecule has 1 unspecified atom stereocenters. The van der Waals surface area contributed by atoms with E-state index in [-0.39, 0.29) is 6.04 Å². The topological polar surface area (TPSA) is 64.9 Å². The Labute approximate surface area is 112 Å². The van der Waals surface area contributed by atoms with E-state index in [1.165, 1.54) is 5.69 Å². The van der Waals surface area contributed by atoms with E-state index in [1.807, 2.05) is 43.2 Å². The monoisotopic (exact) mass is 261 g/mol. The number of ether oxygens (including phenoxy) is 1. The van der Waals surface area contributed by atoms with E-state index in [9.17, 15) is 0 Å². The third kappa shape index (κ3) is 3.29. The Morgan fingerprint density at radius 2 is 2.16 bits per heavy atom. The zero-order valence-corrected chi connectivity index (χ0v) is 11.5. The van der Waals surface area contributed by atoms with Gasteiger partial charge in [-0.25, -0.2) is 0 Å². The molecule has 0 saturated carbocycles. The Morgan fingerprint density at radius 3 is 2.68 bits per heavy atom. The van der Waals surface area contributed by atoms with Gasteiger partial charge in [0.05, 0.1) is 18.8 Å². The molecule has 0 bridgehead atoms. The van der Waals surface area contributed by atoms with Crippen molar-refractivity contribution < 1.29 is 4.74 Å². The van der Waals surface area contributed by atoms with Gasteiger partial charge < -0.3 is 10.1 Å². The molecule has 0 aromatic carbocycles. The van der Waals surface area contributed by atoms with Gasteiger partial charge in [0, 0.05) is 25.0 Å². The zero-order valence-electron chi connectivity index (χ0n) is 11.5. The Kier molecular flexibility index (Phi) is 4.46. The average molecular weight is 261 g/mol. The third-order valence-corrected chi connectivity index (χ3v) is 3.19. The van der Waals surface area contributed by atoms with Crippen LogP contribution in [0.15, 0.2) is 24.4 Å². The summed E-state index contributed by atoms with van der Waals surface area (Å²) in [6.07, 6.45) is 3.70. The average Bonchev–Trinajstić information content (AvgIpc) is 2.86. The maximum atomic E-state index is 5.01. The summed E-state index contributed by atoms with van der Waals surface area (Å²) in [5, 5.41) is 15.6. The van der Waals surface area contributed by atoms with E-state index in [0.29, 0.717) is 5.88 Å². The second kappa shape index (κ2) is 6.29. The highest BCUT2D eigenvalue weighted by Crippen LogP contribution is 2.17. The lowest BCUT2D eigenvalue weighted by Gasteiger charge is -2.15. The van der Waals surface area contributed by atoms with Gasteiger partial charge >= 0.3 is 0 Å². The van der Waals surface area contributed by atoms with Gasteiger partial charge in [0.15, 0.2) is 0 Å². The van der Waals surface area contributed by atoms with Crippen LogP contribution in [0.4, 0.5) is 0 Å². The van der Waals surface area contributed by atoms with Gasteiger partial charge in [-0.05, 0) is 32.0 Å². The van der Waals surface area contributed by atoms with Crippen molar-refractivity contribution in [3.63, 3.8) is 0 Å². The van der Waals surface area contributed by atoms with Crippen molar-refractivity contribution in [1.82, 2.24) is 25.3 Å². The molecule has 6 heteroatoms. The molecule has 1 atom stereocenters. The summed E-state index contributed by atoms with van der Waals surface area (Å²) in [5.74, 6) is 0.533. The van der Waals surface area contributed by atoms with E-state index in [0.717, 1.165) is 18.5 Å². The fourth-order valence-electron chi connectivity index (χ4n) is 2.00. The Morgan fingerprint density at radius 1 is 1.32 bits per heavy atom. The minimum Gasteiger partial charge on any atom is -0.480 e. The highest BCUT2D eigenvalue weighted by molar-refractivity contribution is 5.14. The summed E-state index contributed by atoms with van der Waals surface area (Å²) in [7, 11) is 5.47. The van der Waals surface area contributed by atoms with E-state index in [4.69, 9.17) is 4.74 Å². The number of hydrogen-bond donors (Lipinski definition) is 1. The maximum Gasteiger partial charge on any atom is 0.233 e. The van der Waals surface area contributed by atoms with Gasteiger partial charge in [0.25, 0.3) is 0 Å². The lowest BCUT2D eigenvalue weighted by Crippen LogP contribution is -2.19. The third-order valence-electron chi connectivity index (χ3n) is 3.19. The van der Waals surface area contributed by atoms with Crippen molar-refractivity contribution >= 4 is 0 Å². The number of aromatic nitrogens is 4. The highest BCUT2D eigenvalue weighted by Gasteiger charge is 2.12. The van der Waals surface area contributed by atoms with Gasteiger partial charge in [-0.3, -0.25) is 4.68 Å². The molecule has 102 valence electrons. The van der Waals surface area contributed by atoms with Crippen molar-refractivity contribution in [2.45, 2.75) is 18.9 Å². The molecule has 0 aliphatic carbocycles. The molecule has 6 nitrogen and oxygen atoms in total. The molecule has 0 aliphatic heterocycles. The SMILES string of the molecule is CNC(CCc1ccnn1C)c1ccc(OC)nn1. The van der Waals surface area contributed by atoms with Crippen LogP contribution in [0.25, 0.3) is 0 Å². The largest absolute Gasteiger partial charge is 0.480 e. The van der Waals surface area contributed by atoms with Crippen molar-refractivity contribution in [1.29, 1.82) is 0 Å². The molecule has 0 amide bonds. The zero-order chi connectivity index (χ0) is 13.7. The summed E-state index contributed by atoms with van der Waals surface area (Å²) in [5.41, 5.74) is 2.13. The molecule has 0 saturated heterocycles. The molecule has 2 aromatic heterocycles. The smallest absolute Gasteiger partial charge is 0.233 e. The first kappa shape index (κ1) is 13.5. The Hall–Kier alpha value is -1.95. The quantitative estimate of drug-likeness (QED) is 0.844. The Bertz CT molecular complexity index is 508. The van der Waals surface area contributed by atoms with Crippen molar-refractivity contribution in [3.8, 4) is 5.88 Å². The summed E-state index contributed by atoms with van der Waals surface area (Å²) in [4.78, 5) is 0. The van der Waals surface area contributed by atoms with Crippen LogP contribution in [0.1, 0.15) is 23.9 Å². The van der Waals surface area contributed by atoms with E-state index in [2.05, 4.69) is 20.6 Å². The van der Waals surface area contributed by atoms with Crippen molar-refractivity contribution in [3.05, 3.63) is 35.8 Å². The van der Waals surface area contributed by atoms with Gasteiger partial charge in [0.1, 0.15) is 0 Å². The van der Waals surface area contributed by atoms with Crippen LogP contribution in [-0.4, -0.2) is 34.1 Å².